The first-order chi connectivity index (χ1) is 14.8. The van der Waals surface area contributed by atoms with E-state index in [2.05, 4.69) is 15.3 Å². The number of nitrogens with zero attached hydrogens (tertiary/aromatic N) is 3. The van der Waals surface area contributed by atoms with Gasteiger partial charge in [-0.1, -0.05) is 12.1 Å². The largest absolute Gasteiger partial charge is 0.368 e. The molecule has 0 spiro atoms. The second-order valence-corrected chi connectivity index (χ2v) is 8.51. The predicted octanol–water partition coefficient (Wildman–Crippen LogP) is 3.10. The number of aromatic nitrogens is 2. The van der Waals surface area contributed by atoms with Gasteiger partial charge in [0, 0.05) is 43.5 Å². The molecule has 1 saturated heterocycles. The van der Waals surface area contributed by atoms with E-state index in [4.69, 9.17) is 5.73 Å². The maximum absolute atomic E-state index is 15.5. The van der Waals surface area contributed by atoms with Crippen molar-refractivity contribution in [2.75, 3.05) is 18.4 Å². The van der Waals surface area contributed by atoms with Crippen molar-refractivity contribution in [2.24, 2.45) is 12.8 Å². The monoisotopic (exact) mass is 429 g/mol. The first kappa shape index (κ1) is 21.5. The number of benzene rings is 1. The SMILES string of the molecule is Cc1c(CCC2=CC(C(N)=O)Nc3c2ccc(CN2CCC(F)CC2)c3F)cnn1C. The Labute approximate surface area is 181 Å². The Balaban J connectivity index is 1.58. The van der Waals surface area contributed by atoms with Gasteiger partial charge in [0.25, 0.3) is 0 Å². The van der Waals surface area contributed by atoms with Gasteiger partial charge in [0.2, 0.25) is 5.91 Å². The van der Waals surface area contributed by atoms with Crippen LogP contribution < -0.4 is 11.1 Å². The van der Waals surface area contributed by atoms with Crippen LogP contribution in [0.3, 0.4) is 0 Å². The number of amides is 1. The minimum absolute atomic E-state index is 0.321. The number of halogens is 2. The van der Waals surface area contributed by atoms with Crippen LogP contribution in [-0.4, -0.2) is 45.9 Å². The Morgan fingerprint density at radius 3 is 2.65 bits per heavy atom. The lowest BCUT2D eigenvalue weighted by Gasteiger charge is -2.30. The molecule has 1 amide bonds. The molecule has 3 N–H and O–H groups in total. The lowest BCUT2D eigenvalue weighted by atomic mass is 9.90. The van der Waals surface area contributed by atoms with Crippen LogP contribution in [0.25, 0.3) is 5.57 Å². The Morgan fingerprint density at radius 1 is 1.26 bits per heavy atom. The van der Waals surface area contributed by atoms with E-state index in [1.165, 1.54) is 0 Å². The topological polar surface area (TPSA) is 76.2 Å². The number of carbonyl (C=O) groups excluding carboxylic acids is 1. The molecule has 3 heterocycles. The Bertz CT molecular complexity index is 1010. The summed E-state index contributed by atoms with van der Waals surface area (Å²) in [5.41, 5.74) is 10.3. The number of primary amides is 1. The summed E-state index contributed by atoms with van der Waals surface area (Å²) in [6.07, 6.45) is 5.21. The van der Waals surface area contributed by atoms with Gasteiger partial charge in [-0.2, -0.15) is 5.10 Å². The molecular formula is C23H29F2N5O. The van der Waals surface area contributed by atoms with E-state index >= 15 is 4.39 Å². The minimum Gasteiger partial charge on any atom is -0.368 e. The van der Waals surface area contributed by atoms with Crippen molar-refractivity contribution in [3.05, 3.63) is 52.6 Å². The van der Waals surface area contributed by atoms with Gasteiger partial charge < -0.3 is 11.1 Å². The van der Waals surface area contributed by atoms with Crippen molar-refractivity contribution in [1.29, 1.82) is 0 Å². The molecule has 1 atom stereocenters. The quantitative estimate of drug-likeness (QED) is 0.740. The van der Waals surface area contributed by atoms with Crippen LogP contribution in [0.5, 0.6) is 0 Å². The number of hydrogen-bond acceptors (Lipinski definition) is 4. The van der Waals surface area contributed by atoms with Crippen LogP contribution in [0.4, 0.5) is 14.5 Å². The minimum atomic E-state index is -0.765. The summed E-state index contributed by atoms with van der Waals surface area (Å²) in [7, 11) is 1.90. The molecule has 0 bridgehead atoms. The zero-order chi connectivity index (χ0) is 22.1. The Hall–Kier alpha value is -2.74. The Kier molecular flexibility index (Phi) is 6.09. The maximum atomic E-state index is 15.5. The fraction of sp³-hybridized carbons (Fsp3) is 0.478. The van der Waals surface area contributed by atoms with Gasteiger partial charge in [-0.05, 0) is 49.8 Å². The lowest BCUT2D eigenvalue weighted by Crippen LogP contribution is -2.37. The molecule has 2 aromatic rings. The summed E-state index contributed by atoms with van der Waals surface area (Å²) in [5.74, 6) is -0.912. The number of hydrogen-bond donors (Lipinski definition) is 2. The van der Waals surface area contributed by atoms with Crippen molar-refractivity contribution in [3.8, 4) is 0 Å². The highest BCUT2D eigenvalue weighted by Crippen LogP contribution is 2.36. The third-order valence-corrected chi connectivity index (χ3v) is 6.45. The highest BCUT2D eigenvalue weighted by atomic mass is 19.1. The fourth-order valence-corrected chi connectivity index (χ4v) is 4.37. The molecule has 31 heavy (non-hydrogen) atoms. The molecule has 4 rings (SSSR count). The molecule has 0 radical (unpaired) electrons. The lowest BCUT2D eigenvalue weighted by molar-refractivity contribution is -0.117. The van der Waals surface area contributed by atoms with Crippen LogP contribution >= 0.6 is 0 Å². The number of likely N-dealkylation sites (tertiary alicyclic amines) is 1. The molecule has 0 saturated carbocycles. The van der Waals surface area contributed by atoms with Crippen LogP contribution in [0.1, 0.15) is 41.6 Å². The summed E-state index contributed by atoms with van der Waals surface area (Å²) in [6.45, 7) is 3.66. The van der Waals surface area contributed by atoms with Crippen molar-refractivity contribution in [1.82, 2.24) is 14.7 Å². The van der Waals surface area contributed by atoms with Gasteiger partial charge in [0.05, 0.1) is 11.9 Å². The zero-order valence-electron chi connectivity index (χ0n) is 18.0. The summed E-state index contributed by atoms with van der Waals surface area (Å²) in [5, 5.41) is 7.25. The van der Waals surface area contributed by atoms with Gasteiger partial charge in [-0.25, -0.2) is 8.78 Å². The van der Waals surface area contributed by atoms with Crippen molar-refractivity contribution in [2.45, 2.75) is 51.4 Å². The normalized spacial score (nSPS) is 19.6. The molecule has 1 fully saturated rings. The smallest absolute Gasteiger partial charge is 0.243 e. The Morgan fingerprint density at radius 2 is 2.00 bits per heavy atom. The number of nitrogens with two attached hydrogens (primary N) is 1. The van der Waals surface area contributed by atoms with E-state index in [9.17, 15) is 9.18 Å². The molecule has 2 aliphatic rings. The average Bonchev–Trinajstić information content (AvgIpc) is 3.07. The first-order valence-electron chi connectivity index (χ1n) is 10.8. The van der Waals surface area contributed by atoms with Gasteiger partial charge >= 0.3 is 0 Å². The second-order valence-electron chi connectivity index (χ2n) is 8.51. The predicted molar refractivity (Wildman–Crippen MR) is 117 cm³/mol. The molecule has 8 heteroatoms. The van der Waals surface area contributed by atoms with Gasteiger partial charge in [-0.3, -0.25) is 14.4 Å². The summed E-state index contributed by atoms with van der Waals surface area (Å²) in [6, 6.07) is 2.94. The molecule has 166 valence electrons. The highest BCUT2D eigenvalue weighted by molar-refractivity contribution is 5.93. The zero-order valence-corrected chi connectivity index (χ0v) is 18.0. The number of rotatable bonds is 6. The number of carbonyl (C=O) groups is 1. The summed E-state index contributed by atoms with van der Waals surface area (Å²) >= 11 is 0. The van der Waals surface area contributed by atoms with E-state index < -0.39 is 18.1 Å². The third-order valence-electron chi connectivity index (χ3n) is 6.45. The molecule has 1 unspecified atom stereocenters. The maximum Gasteiger partial charge on any atom is 0.243 e. The molecule has 1 aromatic heterocycles. The van der Waals surface area contributed by atoms with E-state index in [1.807, 2.05) is 30.9 Å². The number of fused-ring (bicyclic) bond motifs is 1. The molecule has 2 aliphatic heterocycles. The van der Waals surface area contributed by atoms with E-state index in [-0.39, 0.29) is 5.82 Å². The molecular weight excluding hydrogens is 400 g/mol. The molecule has 1 aromatic carbocycles. The average molecular weight is 430 g/mol. The van der Waals surface area contributed by atoms with E-state index in [1.54, 1.807) is 12.1 Å². The molecule has 6 nitrogen and oxygen atoms in total. The number of piperidine rings is 1. The van der Waals surface area contributed by atoms with E-state index in [0.717, 1.165) is 28.8 Å². The number of allylic oxidation sites excluding steroid dienone is 1. The second kappa shape index (κ2) is 8.78. The van der Waals surface area contributed by atoms with Crippen molar-refractivity contribution >= 4 is 17.2 Å². The number of nitrogens with one attached hydrogen (secondary N) is 1. The molecule has 0 aliphatic carbocycles. The van der Waals surface area contributed by atoms with E-state index in [0.29, 0.717) is 50.1 Å². The summed E-state index contributed by atoms with van der Waals surface area (Å²) < 4.78 is 30.7. The van der Waals surface area contributed by atoms with Gasteiger partial charge in [0.15, 0.2) is 5.82 Å². The number of aryl methyl sites for hydroxylation is 2. The number of anilines is 1. The summed E-state index contributed by atoms with van der Waals surface area (Å²) in [4.78, 5) is 14.0. The third kappa shape index (κ3) is 4.49. The fourth-order valence-electron chi connectivity index (χ4n) is 4.37. The van der Waals surface area contributed by atoms with Gasteiger partial charge in [-0.15, -0.1) is 0 Å². The van der Waals surface area contributed by atoms with Crippen molar-refractivity contribution < 1.29 is 13.6 Å². The van der Waals surface area contributed by atoms with Crippen LogP contribution in [-0.2, 0) is 24.8 Å². The van der Waals surface area contributed by atoms with Crippen LogP contribution in [0.15, 0.2) is 24.4 Å². The highest BCUT2D eigenvalue weighted by Gasteiger charge is 2.27. The van der Waals surface area contributed by atoms with Gasteiger partial charge in [0.1, 0.15) is 12.2 Å². The number of alkyl halides is 1. The van der Waals surface area contributed by atoms with Crippen molar-refractivity contribution in [3.63, 3.8) is 0 Å². The van der Waals surface area contributed by atoms with Crippen LogP contribution in [0, 0.1) is 12.7 Å². The standard InChI is InChI=1S/C23H29F2N5O/c1-14-16(12-27-29(14)2)4-3-15-11-20(23(26)31)28-22-19(15)6-5-17(21(22)25)13-30-9-7-18(24)8-10-30/h5-6,11-12,18,20,28H,3-4,7-10,13H2,1-2H3,(H2,26,31). The van der Waals surface area contributed by atoms with Crippen LogP contribution in [0.2, 0.25) is 0 Å². The first-order valence-corrected chi connectivity index (χ1v) is 10.8.